The number of carbonyl (C=O) groups excluding carboxylic acids is 2. The maximum atomic E-state index is 12.9. The second-order valence-electron chi connectivity index (χ2n) is 7.32. The van der Waals surface area contributed by atoms with E-state index in [0.29, 0.717) is 50.3 Å². The Hall–Kier alpha value is -2.43. The fourth-order valence-corrected chi connectivity index (χ4v) is 5.48. The number of amides is 2. The number of rotatable bonds is 9. The molecular weight excluding hydrogens is 438 g/mol. The number of carbonyl (C=O) groups is 2. The zero-order valence-electron chi connectivity index (χ0n) is 17.4. The molecule has 1 fully saturated rings. The molecule has 31 heavy (non-hydrogen) atoms. The molecule has 0 atom stereocenters. The van der Waals surface area contributed by atoms with Crippen molar-refractivity contribution in [2.24, 2.45) is 5.92 Å². The highest BCUT2D eigenvalue weighted by Crippen LogP contribution is 2.23. The summed E-state index contributed by atoms with van der Waals surface area (Å²) in [6.07, 6.45) is 1.98. The van der Waals surface area contributed by atoms with Crippen LogP contribution >= 0.6 is 11.3 Å². The van der Waals surface area contributed by atoms with Crippen LogP contribution in [0.25, 0.3) is 0 Å². The number of benzene rings is 1. The predicted octanol–water partition coefficient (Wildman–Crippen LogP) is 2.55. The van der Waals surface area contributed by atoms with Gasteiger partial charge in [0.05, 0.1) is 0 Å². The summed E-state index contributed by atoms with van der Waals surface area (Å²) < 4.78 is 32.5. The van der Waals surface area contributed by atoms with Gasteiger partial charge in [-0.25, -0.2) is 8.42 Å². The number of methoxy groups -OCH3 is 1. The van der Waals surface area contributed by atoms with E-state index in [1.807, 2.05) is 0 Å². The van der Waals surface area contributed by atoms with Crippen molar-refractivity contribution in [2.75, 3.05) is 38.1 Å². The fourth-order valence-electron chi connectivity index (χ4n) is 3.44. The molecule has 0 aliphatic carbocycles. The van der Waals surface area contributed by atoms with E-state index in [0.717, 1.165) is 17.8 Å². The van der Waals surface area contributed by atoms with Crippen LogP contribution in [0.2, 0.25) is 0 Å². The van der Waals surface area contributed by atoms with Gasteiger partial charge in [-0.2, -0.15) is 0 Å². The minimum Gasteiger partial charge on any atom is -0.385 e. The molecule has 0 spiro atoms. The van der Waals surface area contributed by atoms with E-state index in [1.165, 1.54) is 6.07 Å². The number of hydrogen-bond donors (Lipinski definition) is 2. The molecule has 2 heterocycles. The van der Waals surface area contributed by atoms with Crippen LogP contribution in [0.4, 0.5) is 5.69 Å². The topological polar surface area (TPSA) is 105 Å². The molecule has 168 valence electrons. The zero-order valence-corrected chi connectivity index (χ0v) is 19.0. The van der Waals surface area contributed by atoms with Crippen LogP contribution in [-0.2, 0) is 19.6 Å². The van der Waals surface area contributed by atoms with Gasteiger partial charge in [-0.05, 0) is 48.9 Å². The molecule has 1 aromatic heterocycles. The summed E-state index contributed by atoms with van der Waals surface area (Å²) in [4.78, 5) is 26.9. The minimum absolute atomic E-state index is 0.0215. The highest BCUT2D eigenvalue weighted by molar-refractivity contribution is 7.94. The van der Waals surface area contributed by atoms with Crippen molar-refractivity contribution >= 4 is 38.9 Å². The van der Waals surface area contributed by atoms with Gasteiger partial charge < -0.3 is 15.0 Å². The first-order valence-corrected chi connectivity index (χ1v) is 12.5. The van der Waals surface area contributed by atoms with Crippen LogP contribution < -0.4 is 10.0 Å². The second-order valence-corrected chi connectivity index (χ2v) is 10.2. The smallest absolute Gasteiger partial charge is 0.271 e. The average molecular weight is 466 g/mol. The monoisotopic (exact) mass is 465 g/mol. The lowest BCUT2D eigenvalue weighted by Gasteiger charge is -2.31. The Morgan fingerprint density at radius 3 is 2.65 bits per heavy atom. The summed E-state index contributed by atoms with van der Waals surface area (Å²) in [6, 6.07) is 9.67. The molecule has 1 aliphatic rings. The Labute approximate surface area is 186 Å². The minimum atomic E-state index is -3.67. The summed E-state index contributed by atoms with van der Waals surface area (Å²) in [5, 5.41) is 4.61. The maximum Gasteiger partial charge on any atom is 0.271 e. The van der Waals surface area contributed by atoms with Gasteiger partial charge in [-0.1, -0.05) is 12.1 Å². The molecule has 1 saturated heterocycles. The number of hydrogen-bond acceptors (Lipinski definition) is 6. The van der Waals surface area contributed by atoms with Gasteiger partial charge in [0.1, 0.15) is 4.21 Å². The molecule has 0 radical (unpaired) electrons. The summed E-state index contributed by atoms with van der Waals surface area (Å²) in [6.45, 7) is 2.16. The van der Waals surface area contributed by atoms with Crippen LogP contribution in [0.1, 0.15) is 29.6 Å². The molecule has 0 saturated carbocycles. The molecular formula is C21H27N3O5S2. The molecule has 3 rings (SSSR count). The Bertz CT molecular complexity index is 984. The van der Waals surface area contributed by atoms with Crippen LogP contribution in [0.3, 0.4) is 0 Å². The van der Waals surface area contributed by atoms with Crippen molar-refractivity contribution in [3.05, 3.63) is 47.3 Å². The van der Waals surface area contributed by atoms with E-state index >= 15 is 0 Å². The largest absolute Gasteiger partial charge is 0.385 e. The van der Waals surface area contributed by atoms with Gasteiger partial charge in [-0.3, -0.25) is 14.3 Å². The predicted molar refractivity (Wildman–Crippen MR) is 120 cm³/mol. The highest BCUT2D eigenvalue weighted by atomic mass is 32.2. The SMILES string of the molecule is COCCCNC(=O)C1CCN(C(=O)c2cccc(NS(=O)(=O)c3cccs3)c2)CC1. The van der Waals surface area contributed by atoms with Crippen LogP contribution in [0, 0.1) is 5.92 Å². The molecule has 2 aromatic rings. The Balaban J connectivity index is 1.55. The number of nitrogens with zero attached hydrogens (tertiary/aromatic N) is 1. The average Bonchev–Trinajstić information content (AvgIpc) is 3.32. The van der Waals surface area contributed by atoms with Crippen LogP contribution in [0.5, 0.6) is 0 Å². The summed E-state index contributed by atoms with van der Waals surface area (Å²) in [7, 11) is -2.05. The van der Waals surface area contributed by atoms with Crippen molar-refractivity contribution in [1.29, 1.82) is 0 Å². The lowest BCUT2D eigenvalue weighted by Crippen LogP contribution is -2.43. The molecule has 1 aliphatic heterocycles. The van der Waals surface area contributed by atoms with Crippen LogP contribution in [0.15, 0.2) is 46.0 Å². The maximum absolute atomic E-state index is 12.9. The number of piperidine rings is 1. The molecule has 2 N–H and O–H groups in total. The molecule has 8 nitrogen and oxygen atoms in total. The first-order valence-electron chi connectivity index (χ1n) is 10.1. The number of ether oxygens (including phenoxy) is 1. The third-order valence-corrected chi connectivity index (χ3v) is 7.88. The van der Waals surface area contributed by atoms with Gasteiger partial charge in [0.2, 0.25) is 5.91 Å². The van der Waals surface area contributed by atoms with Crippen molar-refractivity contribution < 1.29 is 22.7 Å². The van der Waals surface area contributed by atoms with E-state index in [9.17, 15) is 18.0 Å². The molecule has 1 aromatic carbocycles. The van der Waals surface area contributed by atoms with Gasteiger partial charge in [0, 0.05) is 50.5 Å². The fraction of sp³-hybridized carbons (Fsp3) is 0.429. The van der Waals surface area contributed by atoms with Gasteiger partial charge in [-0.15, -0.1) is 11.3 Å². The number of nitrogens with one attached hydrogen (secondary N) is 2. The quantitative estimate of drug-likeness (QED) is 0.554. The van der Waals surface area contributed by atoms with Crippen LogP contribution in [-0.4, -0.2) is 58.5 Å². The lowest BCUT2D eigenvalue weighted by molar-refractivity contribution is -0.126. The molecule has 10 heteroatoms. The lowest BCUT2D eigenvalue weighted by atomic mass is 9.95. The first-order chi connectivity index (χ1) is 14.9. The normalized spacial score (nSPS) is 14.9. The Morgan fingerprint density at radius 2 is 1.97 bits per heavy atom. The van der Waals surface area contributed by atoms with E-state index in [4.69, 9.17) is 4.74 Å². The van der Waals surface area contributed by atoms with Crippen molar-refractivity contribution in [3.8, 4) is 0 Å². The van der Waals surface area contributed by atoms with Gasteiger partial charge in [0.15, 0.2) is 0 Å². The number of anilines is 1. The third kappa shape index (κ3) is 6.28. The standard InChI is InChI=1S/C21H27N3O5S2/c1-29-13-4-10-22-20(25)16-8-11-24(12-9-16)21(26)17-5-2-6-18(15-17)23-31(27,28)19-7-3-14-30-19/h2-3,5-7,14-16,23H,4,8-13H2,1H3,(H,22,25). The Morgan fingerprint density at radius 1 is 1.19 bits per heavy atom. The summed E-state index contributed by atoms with van der Waals surface area (Å²) in [5.74, 6) is -0.250. The second kappa shape index (κ2) is 10.7. The molecule has 0 bridgehead atoms. The molecule has 0 unspecified atom stereocenters. The first kappa shape index (κ1) is 23.2. The highest BCUT2D eigenvalue weighted by Gasteiger charge is 2.28. The van der Waals surface area contributed by atoms with Gasteiger partial charge >= 0.3 is 0 Å². The van der Waals surface area contributed by atoms with Gasteiger partial charge in [0.25, 0.3) is 15.9 Å². The summed E-state index contributed by atoms with van der Waals surface area (Å²) in [5.41, 5.74) is 0.749. The summed E-state index contributed by atoms with van der Waals surface area (Å²) >= 11 is 1.13. The number of sulfonamides is 1. The zero-order chi connectivity index (χ0) is 22.3. The van der Waals surface area contributed by atoms with E-state index in [1.54, 1.807) is 47.7 Å². The van der Waals surface area contributed by atoms with Crippen molar-refractivity contribution in [1.82, 2.24) is 10.2 Å². The van der Waals surface area contributed by atoms with E-state index < -0.39 is 10.0 Å². The third-order valence-electron chi connectivity index (χ3n) is 5.10. The van der Waals surface area contributed by atoms with E-state index in [2.05, 4.69) is 10.0 Å². The van der Waals surface area contributed by atoms with Crippen molar-refractivity contribution in [2.45, 2.75) is 23.5 Å². The number of thiophene rings is 1. The van der Waals surface area contributed by atoms with E-state index in [-0.39, 0.29) is 21.9 Å². The number of likely N-dealkylation sites (tertiary alicyclic amines) is 1. The Kier molecular flexibility index (Phi) is 8.05. The molecule has 2 amide bonds. The van der Waals surface area contributed by atoms with Crippen molar-refractivity contribution in [3.63, 3.8) is 0 Å².